The van der Waals surface area contributed by atoms with E-state index in [-0.39, 0.29) is 11.3 Å². The molecule has 0 saturated heterocycles. The van der Waals surface area contributed by atoms with Crippen LogP contribution >= 0.6 is 0 Å². The molecule has 1 aromatic rings. The zero-order chi connectivity index (χ0) is 13.8. The van der Waals surface area contributed by atoms with E-state index in [1.807, 2.05) is 7.05 Å². The van der Waals surface area contributed by atoms with Crippen LogP contribution in [0.1, 0.15) is 43.0 Å². The molecule has 2 atom stereocenters. The number of likely N-dealkylation sites (N-methyl/N-ethyl adjacent to an activating group) is 1. The Morgan fingerprint density at radius 1 is 1.32 bits per heavy atom. The summed E-state index contributed by atoms with van der Waals surface area (Å²) in [5.74, 6) is 0.0723. The van der Waals surface area contributed by atoms with Gasteiger partial charge in [-0.25, -0.2) is 4.39 Å². The van der Waals surface area contributed by atoms with Crippen LogP contribution in [0.3, 0.4) is 0 Å². The van der Waals surface area contributed by atoms with Gasteiger partial charge in [0.25, 0.3) is 0 Å². The Morgan fingerprint density at radius 2 is 2.00 bits per heavy atom. The molecule has 19 heavy (non-hydrogen) atoms. The molecule has 1 saturated carbocycles. The SMILES string of the molecule is CC1CCCCC1N(C)CC(=O)c1ccccc1F. The predicted octanol–water partition coefficient (Wildman–Crippen LogP) is 3.52. The highest BCUT2D eigenvalue weighted by Crippen LogP contribution is 2.27. The lowest BCUT2D eigenvalue weighted by atomic mass is 9.85. The molecule has 104 valence electrons. The predicted molar refractivity (Wildman–Crippen MR) is 74.8 cm³/mol. The van der Waals surface area contributed by atoms with Crippen molar-refractivity contribution in [1.82, 2.24) is 4.90 Å². The summed E-state index contributed by atoms with van der Waals surface area (Å²) < 4.78 is 13.6. The molecule has 0 aromatic heterocycles. The summed E-state index contributed by atoms with van der Waals surface area (Å²) in [6.07, 6.45) is 4.88. The maximum atomic E-state index is 13.6. The second-order valence-electron chi connectivity index (χ2n) is 5.65. The van der Waals surface area contributed by atoms with E-state index >= 15 is 0 Å². The van der Waals surface area contributed by atoms with Crippen molar-refractivity contribution >= 4 is 5.78 Å². The lowest BCUT2D eigenvalue weighted by Crippen LogP contribution is -2.41. The summed E-state index contributed by atoms with van der Waals surface area (Å²) in [7, 11) is 1.98. The van der Waals surface area contributed by atoms with Crippen LogP contribution in [0, 0.1) is 11.7 Å². The number of carbonyl (C=O) groups excluding carboxylic acids is 1. The first-order chi connectivity index (χ1) is 9.09. The number of hydrogen-bond donors (Lipinski definition) is 0. The highest BCUT2D eigenvalue weighted by Gasteiger charge is 2.26. The minimum atomic E-state index is -0.419. The Morgan fingerprint density at radius 3 is 2.68 bits per heavy atom. The topological polar surface area (TPSA) is 20.3 Å². The fraction of sp³-hybridized carbons (Fsp3) is 0.562. The number of nitrogens with zero attached hydrogens (tertiary/aromatic N) is 1. The van der Waals surface area contributed by atoms with Gasteiger partial charge in [-0.15, -0.1) is 0 Å². The first kappa shape index (κ1) is 14.2. The van der Waals surface area contributed by atoms with Crippen molar-refractivity contribution < 1.29 is 9.18 Å². The first-order valence-electron chi connectivity index (χ1n) is 7.07. The van der Waals surface area contributed by atoms with Crippen molar-refractivity contribution in [2.45, 2.75) is 38.6 Å². The Bertz CT molecular complexity index is 446. The summed E-state index contributed by atoms with van der Waals surface area (Å²) in [6.45, 7) is 2.55. The van der Waals surface area contributed by atoms with E-state index in [2.05, 4.69) is 11.8 Å². The van der Waals surface area contributed by atoms with E-state index in [0.717, 1.165) is 6.42 Å². The van der Waals surface area contributed by atoms with Crippen LogP contribution in [0.15, 0.2) is 24.3 Å². The number of carbonyl (C=O) groups is 1. The van der Waals surface area contributed by atoms with E-state index < -0.39 is 5.82 Å². The molecule has 0 amide bonds. The van der Waals surface area contributed by atoms with Crippen molar-refractivity contribution in [3.63, 3.8) is 0 Å². The lowest BCUT2D eigenvalue weighted by Gasteiger charge is -2.35. The largest absolute Gasteiger partial charge is 0.296 e. The second-order valence-corrected chi connectivity index (χ2v) is 5.65. The van der Waals surface area contributed by atoms with Crippen molar-refractivity contribution in [2.75, 3.05) is 13.6 Å². The summed E-state index contributed by atoms with van der Waals surface area (Å²) in [5, 5.41) is 0. The summed E-state index contributed by atoms with van der Waals surface area (Å²) in [5.41, 5.74) is 0.206. The van der Waals surface area contributed by atoms with Crippen LogP contribution < -0.4 is 0 Å². The van der Waals surface area contributed by atoms with Crippen LogP contribution in [0.5, 0.6) is 0 Å². The average Bonchev–Trinajstić information content (AvgIpc) is 2.39. The minimum absolute atomic E-state index is 0.127. The monoisotopic (exact) mass is 263 g/mol. The van der Waals surface area contributed by atoms with Crippen LogP contribution in [0.2, 0.25) is 0 Å². The zero-order valence-corrected chi connectivity index (χ0v) is 11.7. The third-order valence-corrected chi connectivity index (χ3v) is 4.20. The molecule has 2 unspecified atom stereocenters. The van der Waals surface area contributed by atoms with Gasteiger partial charge < -0.3 is 0 Å². The molecule has 0 aliphatic heterocycles. The fourth-order valence-corrected chi connectivity index (χ4v) is 3.07. The third kappa shape index (κ3) is 3.41. The number of hydrogen-bond acceptors (Lipinski definition) is 2. The molecule has 0 heterocycles. The lowest BCUT2D eigenvalue weighted by molar-refractivity contribution is 0.0847. The van der Waals surface area contributed by atoms with Crippen LogP contribution in [0.4, 0.5) is 4.39 Å². The highest BCUT2D eigenvalue weighted by molar-refractivity contribution is 5.97. The molecule has 0 bridgehead atoms. The van der Waals surface area contributed by atoms with E-state index in [0.29, 0.717) is 18.5 Å². The van der Waals surface area contributed by atoms with Gasteiger partial charge in [-0.05, 0) is 37.9 Å². The maximum absolute atomic E-state index is 13.6. The molecule has 0 spiro atoms. The van der Waals surface area contributed by atoms with E-state index in [1.54, 1.807) is 18.2 Å². The molecule has 0 N–H and O–H groups in total. The number of halogens is 1. The van der Waals surface area contributed by atoms with E-state index in [1.165, 1.54) is 25.3 Å². The Kier molecular flexibility index (Phi) is 4.70. The third-order valence-electron chi connectivity index (χ3n) is 4.20. The van der Waals surface area contributed by atoms with Crippen molar-refractivity contribution in [1.29, 1.82) is 0 Å². The minimum Gasteiger partial charge on any atom is -0.296 e. The molecule has 1 aliphatic carbocycles. The van der Waals surface area contributed by atoms with Gasteiger partial charge in [-0.2, -0.15) is 0 Å². The van der Waals surface area contributed by atoms with Gasteiger partial charge >= 0.3 is 0 Å². The van der Waals surface area contributed by atoms with Crippen molar-refractivity contribution in [3.05, 3.63) is 35.6 Å². The molecular formula is C16H22FNO. The van der Waals surface area contributed by atoms with Crippen LogP contribution in [0.25, 0.3) is 0 Å². The molecule has 3 heteroatoms. The molecule has 2 rings (SSSR count). The molecule has 0 radical (unpaired) electrons. The van der Waals surface area contributed by atoms with Gasteiger partial charge in [-0.1, -0.05) is 31.9 Å². The number of rotatable bonds is 4. The first-order valence-corrected chi connectivity index (χ1v) is 7.07. The van der Waals surface area contributed by atoms with Crippen molar-refractivity contribution in [3.8, 4) is 0 Å². The average molecular weight is 263 g/mol. The second kappa shape index (κ2) is 6.29. The number of benzene rings is 1. The van der Waals surface area contributed by atoms with E-state index in [4.69, 9.17) is 0 Å². The molecule has 2 nitrogen and oxygen atoms in total. The molecule has 1 fully saturated rings. The van der Waals surface area contributed by atoms with Gasteiger partial charge in [-0.3, -0.25) is 9.69 Å². The molecular weight excluding hydrogens is 241 g/mol. The van der Waals surface area contributed by atoms with E-state index in [9.17, 15) is 9.18 Å². The quantitative estimate of drug-likeness (QED) is 0.775. The van der Waals surface area contributed by atoms with Gasteiger partial charge in [0.2, 0.25) is 0 Å². The van der Waals surface area contributed by atoms with Crippen LogP contribution in [-0.2, 0) is 0 Å². The summed E-state index contributed by atoms with van der Waals surface area (Å²) >= 11 is 0. The molecule has 1 aliphatic rings. The molecule has 1 aromatic carbocycles. The zero-order valence-electron chi connectivity index (χ0n) is 11.7. The Balaban J connectivity index is 2.00. The summed E-state index contributed by atoms with van der Waals surface area (Å²) in [4.78, 5) is 14.2. The van der Waals surface area contributed by atoms with Crippen molar-refractivity contribution in [2.24, 2.45) is 5.92 Å². The Labute approximate surface area is 114 Å². The standard InChI is InChI=1S/C16H22FNO/c1-12-7-3-6-10-15(12)18(2)11-16(19)13-8-4-5-9-14(13)17/h4-5,8-9,12,15H,3,6-7,10-11H2,1-2H3. The van der Waals surface area contributed by atoms with Gasteiger partial charge in [0, 0.05) is 6.04 Å². The number of ketones is 1. The van der Waals surface area contributed by atoms with Gasteiger partial charge in [0.05, 0.1) is 12.1 Å². The van der Waals surface area contributed by atoms with Gasteiger partial charge in [0.15, 0.2) is 5.78 Å². The maximum Gasteiger partial charge on any atom is 0.179 e. The van der Waals surface area contributed by atoms with Crippen LogP contribution in [-0.4, -0.2) is 30.3 Å². The smallest absolute Gasteiger partial charge is 0.179 e. The Hall–Kier alpha value is -1.22. The van der Waals surface area contributed by atoms with Gasteiger partial charge in [0.1, 0.15) is 5.82 Å². The fourth-order valence-electron chi connectivity index (χ4n) is 3.07. The highest BCUT2D eigenvalue weighted by atomic mass is 19.1. The summed E-state index contributed by atoms with van der Waals surface area (Å²) in [6, 6.07) is 6.68. The normalized spacial score (nSPS) is 23.6. The number of Topliss-reactive ketones (excluding diaryl/α,β-unsaturated/α-hetero) is 1.